The van der Waals surface area contributed by atoms with Crippen LogP contribution in [0.25, 0.3) is 10.9 Å². The quantitative estimate of drug-likeness (QED) is 0.717. The monoisotopic (exact) mass is 382 g/mol. The highest BCUT2D eigenvalue weighted by Gasteiger charge is 2.34. The summed E-state index contributed by atoms with van der Waals surface area (Å²) in [7, 11) is 1.60. The van der Waals surface area contributed by atoms with E-state index in [2.05, 4.69) is 10.9 Å². The fraction of sp³-hybridized carbons (Fsp3) is 0.455. The number of carboxylic acids is 1. The Labute approximate surface area is 165 Å². The average molecular weight is 382 g/mol. The van der Waals surface area contributed by atoms with Gasteiger partial charge in [-0.1, -0.05) is 5.92 Å². The number of fused-ring (bicyclic) bond motifs is 1. The van der Waals surface area contributed by atoms with E-state index in [0.29, 0.717) is 31.7 Å². The Kier molecular flexibility index (Phi) is 6.50. The van der Waals surface area contributed by atoms with E-state index in [9.17, 15) is 15.0 Å². The van der Waals surface area contributed by atoms with Crippen LogP contribution in [0.1, 0.15) is 30.9 Å². The number of piperidine rings is 1. The van der Waals surface area contributed by atoms with Crippen LogP contribution in [0.15, 0.2) is 30.5 Å². The van der Waals surface area contributed by atoms with Crippen LogP contribution in [-0.4, -0.2) is 52.8 Å². The van der Waals surface area contributed by atoms with Crippen LogP contribution in [-0.2, 0) is 4.79 Å². The summed E-state index contributed by atoms with van der Waals surface area (Å²) in [5.74, 6) is 2.08. The van der Waals surface area contributed by atoms with Gasteiger partial charge in [0.05, 0.1) is 31.2 Å². The highest BCUT2D eigenvalue weighted by Crippen LogP contribution is 2.33. The molecule has 2 N–H and O–H groups in total. The summed E-state index contributed by atoms with van der Waals surface area (Å²) in [6.07, 6.45) is 8.28. The fourth-order valence-corrected chi connectivity index (χ4v) is 4.06. The number of nitrogens with zero attached hydrogens (tertiary/aromatic N) is 2. The van der Waals surface area contributed by atoms with Gasteiger partial charge in [0, 0.05) is 18.1 Å². The smallest absolute Gasteiger partial charge is 0.308 e. The molecule has 1 saturated heterocycles. The van der Waals surface area contributed by atoms with Gasteiger partial charge in [0.15, 0.2) is 0 Å². The molecule has 1 aliphatic heterocycles. The summed E-state index contributed by atoms with van der Waals surface area (Å²) < 4.78 is 5.29. The normalized spacial score (nSPS) is 21.2. The minimum Gasteiger partial charge on any atom is -0.497 e. The van der Waals surface area contributed by atoms with E-state index >= 15 is 0 Å². The Hall–Kier alpha value is -2.62. The first kappa shape index (κ1) is 20.1. The summed E-state index contributed by atoms with van der Waals surface area (Å²) in [4.78, 5) is 18.1. The third-order valence-corrected chi connectivity index (χ3v) is 5.62. The van der Waals surface area contributed by atoms with Crippen LogP contribution >= 0.6 is 0 Å². The molecule has 0 amide bonds. The van der Waals surface area contributed by atoms with Crippen LogP contribution in [0.3, 0.4) is 0 Å². The number of carboxylic acid groups (broad SMARTS) is 1. The lowest BCUT2D eigenvalue weighted by molar-refractivity contribution is -0.146. The first-order chi connectivity index (χ1) is 13.5. The van der Waals surface area contributed by atoms with Crippen LogP contribution in [0.2, 0.25) is 0 Å². The SMILES string of the molecule is C#CCN1CC[C@@H](CC[C@@H](O)c2ccnc3ccc(OC)cc23)[C@@H](C(=O)O)C1. The van der Waals surface area contributed by atoms with Gasteiger partial charge in [0.25, 0.3) is 0 Å². The molecule has 1 aromatic carbocycles. The van der Waals surface area contributed by atoms with Gasteiger partial charge in [-0.3, -0.25) is 14.7 Å². The van der Waals surface area contributed by atoms with Gasteiger partial charge in [-0.25, -0.2) is 0 Å². The molecule has 1 aliphatic rings. The molecule has 0 saturated carbocycles. The topological polar surface area (TPSA) is 82.9 Å². The Bertz CT molecular complexity index is 876. The number of aliphatic carboxylic acids is 1. The number of aromatic nitrogens is 1. The van der Waals surface area contributed by atoms with Crippen molar-refractivity contribution in [1.82, 2.24) is 9.88 Å². The fourth-order valence-electron chi connectivity index (χ4n) is 4.06. The number of aliphatic hydroxyl groups is 1. The van der Waals surface area contributed by atoms with Crippen LogP contribution in [0, 0.1) is 24.2 Å². The van der Waals surface area contributed by atoms with Crippen molar-refractivity contribution in [3.63, 3.8) is 0 Å². The van der Waals surface area contributed by atoms with E-state index in [0.717, 1.165) is 29.4 Å². The molecule has 1 aromatic heterocycles. The lowest BCUT2D eigenvalue weighted by atomic mass is 9.81. The Morgan fingerprint density at radius 1 is 1.46 bits per heavy atom. The maximum absolute atomic E-state index is 11.7. The standard InChI is InChI=1S/C22H26N2O4/c1-3-11-24-12-9-15(19(14-24)22(26)27)4-7-21(25)17-8-10-23-20-6-5-16(28-2)13-18(17)20/h1,5-6,8,10,13,15,19,21,25H,4,7,9,11-12,14H2,2H3,(H,26,27)/t15-,19+,21-/m1/s1. The summed E-state index contributed by atoms with van der Waals surface area (Å²) >= 11 is 0. The number of pyridine rings is 1. The number of likely N-dealkylation sites (tertiary alicyclic amines) is 1. The van der Waals surface area contributed by atoms with Crippen molar-refractivity contribution in [3.8, 4) is 18.1 Å². The number of methoxy groups -OCH3 is 1. The molecular weight excluding hydrogens is 356 g/mol. The Morgan fingerprint density at radius 2 is 2.29 bits per heavy atom. The van der Waals surface area contributed by atoms with Crippen molar-refractivity contribution in [2.24, 2.45) is 11.8 Å². The van der Waals surface area contributed by atoms with E-state index in [4.69, 9.17) is 11.2 Å². The molecule has 3 rings (SSSR count). The molecule has 0 radical (unpaired) electrons. The molecule has 2 heterocycles. The van der Waals surface area contributed by atoms with Crippen LogP contribution in [0.5, 0.6) is 5.75 Å². The third-order valence-electron chi connectivity index (χ3n) is 5.62. The first-order valence-corrected chi connectivity index (χ1v) is 9.52. The number of hydrogen-bond donors (Lipinski definition) is 2. The molecule has 2 aromatic rings. The second kappa shape index (κ2) is 9.05. The van der Waals surface area contributed by atoms with Crippen molar-refractivity contribution in [1.29, 1.82) is 0 Å². The summed E-state index contributed by atoms with van der Waals surface area (Å²) in [6, 6.07) is 7.40. The van der Waals surface area contributed by atoms with Gasteiger partial charge in [-0.15, -0.1) is 6.42 Å². The summed E-state index contributed by atoms with van der Waals surface area (Å²) in [6.45, 7) is 1.74. The third kappa shape index (κ3) is 4.44. The number of terminal acetylenes is 1. The molecule has 3 atom stereocenters. The summed E-state index contributed by atoms with van der Waals surface area (Å²) in [5.41, 5.74) is 1.59. The minimum atomic E-state index is -0.791. The van der Waals surface area contributed by atoms with Crippen molar-refractivity contribution in [2.45, 2.75) is 25.4 Å². The number of hydrogen-bond acceptors (Lipinski definition) is 5. The van der Waals surface area contributed by atoms with Gasteiger partial charge in [0.2, 0.25) is 0 Å². The number of ether oxygens (including phenoxy) is 1. The number of aliphatic hydroxyl groups excluding tert-OH is 1. The van der Waals surface area contributed by atoms with E-state index in [-0.39, 0.29) is 5.92 Å². The molecule has 0 bridgehead atoms. The second-order valence-corrected chi connectivity index (χ2v) is 7.31. The molecule has 6 nitrogen and oxygen atoms in total. The lowest BCUT2D eigenvalue weighted by Crippen LogP contribution is -2.44. The predicted octanol–water partition coefficient (Wildman–Crippen LogP) is 2.71. The average Bonchev–Trinajstić information content (AvgIpc) is 2.71. The molecule has 1 fully saturated rings. The Balaban J connectivity index is 1.71. The largest absolute Gasteiger partial charge is 0.497 e. The molecule has 0 spiro atoms. The van der Waals surface area contributed by atoms with E-state index in [1.807, 2.05) is 29.2 Å². The van der Waals surface area contributed by atoms with Crippen LogP contribution < -0.4 is 4.74 Å². The van der Waals surface area contributed by atoms with Crippen molar-refractivity contribution in [2.75, 3.05) is 26.7 Å². The zero-order chi connectivity index (χ0) is 20.1. The van der Waals surface area contributed by atoms with E-state index in [1.165, 1.54) is 0 Å². The van der Waals surface area contributed by atoms with Crippen molar-refractivity contribution in [3.05, 3.63) is 36.0 Å². The van der Waals surface area contributed by atoms with Gasteiger partial charge in [0.1, 0.15) is 5.75 Å². The zero-order valence-electron chi connectivity index (χ0n) is 16.0. The van der Waals surface area contributed by atoms with Gasteiger partial charge in [-0.2, -0.15) is 0 Å². The van der Waals surface area contributed by atoms with E-state index in [1.54, 1.807) is 13.3 Å². The van der Waals surface area contributed by atoms with Crippen LogP contribution in [0.4, 0.5) is 0 Å². The van der Waals surface area contributed by atoms with Gasteiger partial charge < -0.3 is 14.9 Å². The van der Waals surface area contributed by atoms with E-state index < -0.39 is 18.0 Å². The highest BCUT2D eigenvalue weighted by molar-refractivity contribution is 5.83. The number of benzene rings is 1. The second-order valence-electron chi connectivity index (χ2n) is 7.31. The molecule has 0 aliphatic carbocycles. The minimum absolute atomic E-state index is 0.0313. The van der Waals surface area contributed by atoms with Crippen molar-refractivity contribution >= 4 is 16.9 Å². The van der Waals surface area contributed by atoms with Gasteiger partial charge in [-0.05, 0) is 61.6 Å². The molecule has 148 valence electrons. The predicted molar refractivity (Wildman–Crippen MR) is 107 cm³/mol. The van der Waals surface area contributed by atoms with Crippen molar-refractivity contribution < 1.29 is 19.7 Å². The highest BCUT2D eigenvalue weighted by atomic mass is 16.5. The number of carbonyl (C=O) groups is 1. The summed E-state index contributed by atoms with van der Waals surface area (Å²) in [5, 5.41) is 21.3. The maximum atomic E-state index is 11.7. The Morgan fingerprint density at radius 3 is 3.00 bits per heavy atom. The molecule has 0 unspecified atom stereocenters. The first-order valence-electron chi connectivity index (χ1n) is 9.52. The molecular formula is C22H26N2O4. The molecule has 28 heavy (non-hydrogen) atoms. The molecule has 6 heteroatoms. The number of rotatable bonds is 7. The zero-order valence-corrected chi connectivity index (χ0v) is 16.0. The lowest BCUT2D eigenvalue weighted by Gasteiger charge is -2.36. The maximum Gasteiger partial charge on any atom is 0.308 e. The van der Waals surface area contributed by atoms with Gasteiger partial charge >= 0.3 is 5.97 Å².